The third-order valence-electron chi connectivity index (χ3n) is 8.46. The molecule has 0 bridgehead atoms. The molecule has 0 radical (unpaired) electrons. The Morgan fingerprint density at radius 3 is 1.45 bits per heavy atom. The monoisotopic (exact) mass is 771 g/mol. The van der Waals surface area contributed by atoms with Crippen LogP contribution in [0, 0.1) is 0 Å². The first-order chi connectivity index (χ1) is 25.7. The van der Waals surface area contributed by atoms with E-state index < -0.39 is 51.8 Å². The summed E-state index contributed by atoms with van der Waals surface area (Å²) in [6.45, 7) is 2.28. The zero-order valence-corrected chi connectivity index (χ0v) is 34.1. The largest absolute Gasteiger partial charge is 0.472 e. The molecule has 0 aliphatic heterocycles. The van der Waals surface area contributed by atoms with Crippen molar-refractivity contribution in [3.05, 3.63) is 48.6 Å². The fourth-order valence-corrected chi connectivity index (χ4v) is 6.02. The number of carbonyl (C=O) groups excluding carboxylic acids is 2. The van der Waals surface area contributed by atoms with Crippen LogP contribution in [0.4, 0.5) is 0 Å². The predicted octanol–water partition coefficient (Wildman–Crippen LogP) is 10.6. The van der Waals surface area contributed by atoms with E-state index in [0.717, 1.165) is 89.9 Å². The fraction of sp³-hybridized carbons (Fsp3) is 0.762. The summed E-state index contributed by atoms with van der Waals surface area (Å²) in [6.07, 6.45) is 39.3. The van der Waals surface area contributed by atoms with Gasteiger partial charge in [0.2, 0.25) is 0 Å². The molecule has 53 heavy (non-hydrogen) atoms. The first kappa shape index (κ1) is 50.9. The van der Waals surface area contributed by atoms with E-state index in [-0.39, 0.29) is 19.4 Å². The topological polar surface area (TPSA) is 149 Å². The van der Waals surface area contributed by atoms with Gasteiger partial charge in [-0.1, -0.05) is 127 Å². The number of aliphatic hydroxyl groups is 2. The second kappa shape index (κ2) is 38.2. The Labute approximate surface area is 322 Å². The summed E-state index contributed by atoms with van der Waals surface area (Å²) in [4.78, 5) is 34.9. The minimum absolute atomic E-state index is 0.164. The van der Waals surface area contributed by atoms with Crippen LogP contribution in [-0.4, -0.2) is 65.7 Å². The van der Waals surface area contributed by atoms with Crippen molar-refractivity contribution in [1.29, 1.82) is 0 Å². The molecular formula is C42H75O10P. The Hall–Kier alpha value is -2.07. The third-order valence-corrected chi connectivity index (χ3v) is 9.41. The van der Waals surface area contributed by atoms with Gasteiger partial charge in [-0.3, -0.25) is 18.6 Å². The van der Waals surface area contributed by atoms with Gasteiger partial charge >= 0.3 is 19.8 Å². The number of hydrogen-bond donors (Lipinski definition) is 3. The van der Waals surface area contributed by atoms with Gasteiger partial charge in [-0.2, -0.15) is 0 Å². The minimum atomic E-state index is -4.62. The summed E-state index contributed by atoms with van der Waals surface area (Å²) in [5.41, 5.74) is 0. The number of carbonyl (C=O) groups is 2. The number of rotatable bonds is 38. The zero-order valence-electron chi connectivity index (χ0n) is 33.2. The van der Waals surface area contributed by atoms with Crippen molar-refractivity contribution in [2.75, 3.05) is 26.4 Å². The van der Waals surface area contributed by atoms with Gasteiger partial charge in [0.1, 0.15) is 12.7 Å². The molecule has 0 amide bonds. The molecule has 0 aromatic carbocycles. The van der Waals surface area contributed by atoms with E-state index in [4.69, 9.17) is 19.1 Å². The lowest BCUT2D eigenvalue weighted by atomic mass is 10.1. The van der Waals surface area contributed by atoms with Gasteiger partial charge in [0.05, 0.1) is 19.8 Å². The number of ether oxygens (including phenoxy) is 2. The highest BCUT2D eigenvalue weighted by Gasteiger charge is 2.27. The van der Waals surface area contributed by atoms with E-state index in [1.165, 1.54) is 38.5 Å². The summed E-state index contributed by atoms with van der Waals surface area (Å²) < 4.78 is 32.6. The maximum atomic E-state index is 12.6. The summed E-state index contributed by atoms with van der Waals surface area (Å²) in [6, 6.07) is 0. The molecule has 0 aliphatic rings. The molecule has 2 unspecified atom stereocenters. The first-order valence-electron chi connectivity index (χ1n) is 20.6. The summed E-state index contributed by atoms with van der Waals surface area (Å²) in [7, 11) is -4.62. The molecule has 0 aromatic heterocycles. The zero-order chi connectivity index (χ0) is 39.1. The van der Waals surface area contributed by atoms with Crippen LogP contribution in [0.3, 0.4) is 0 Å². The Balaban J connectivity index is 4.39. The van der Waals surface area contributed by atoms with E-state index in [9.17, 15) is 24.2 Å². The van der Waals surface area contributed by atoms with Crippen LogP contribution in [0.15, 0.2) is 48.6 Å². The quantitative estimate of drug-likeness (QED) is 0.0240. The van der Waals surface area contributed by atoms with Gasteiger partial charge in [0, 0.05) is 12.8 Å². The number of phosphoric acid groups is 1. The molecule has 3 N–H and O–H groups in total. The lowest BCUT2D eigenvalue weighted by molar-refractivity contribution is -0.161. The smallest absolute Gasteiger partial charge is 0.462 e. The SMILES string of the molecule is CCCCC/C=C\C/C=C\CCCCCCCC(=O)OC[C@H](COP(=O)(O)OCC(O)CO)OC(=O)CCCCCCC/C=C\C/C=C\CCCCC. The number of aliphatic hydroxyl groups excluding tert-OH is 2. The molecule has 0 saturated carbocycles. The van der Waals surface area contributed by atoms with E-state index in [1.807, 2.05) is 0 Å². The average molecular weight is 771 g/mol. The number of unbranched alkanes of at least 4 members (excludes halogenated alkanes) is 16. The van der Waals surface area contributed by atoms with Crippen LogP contribution in [0.25, 0.3) is 0 Å². The maximum absolute atomic E-state index is 12.6. The van der Waals surface area contributed by atoms with Crippen LogP contribution < -0.4 is 0 Å². The molecule has 0 heterocycles. The summed E-state index contributed by atoms with van der Waals surface area (Å²) >= 11 is 0. The van der Waals surface area contributed by atoms with Gasteiger partial charge in [0.15, 0.2) is 6.10 Å². The molecule has 10 nitrogen and oxygen atoms in total. The van der Waals surface area contributed by atoms with Crippen LogP contribution in [0.1, 0.15) is 168 Å². The molecular weight excluding hydrogens is 695 g/mol. The lowest BCUT2D eigenvalue weighted by Gasteiger charge is -2.20. The van der Waals surface area contributed by atoms with Crippen LogP contribution >= 0.6 is 7.82 Å². The predicted molar refractivity (Wildman–Crippen MR) is 214 cm³/mol. The maximum Gasteiger partial charge on any atom is 0.472 e. The van der Waals surface area contributed by atoms with E-state index >= 15 is 0 Å². The van der Waals surface area contributed by atoms with Crippen molar-refractivity contribution < 1.29 is 47.8 Å². The first-order valence-corrected chi connectivity index (χ1v) is 22.1. The highest BCUT2D eigenvalue weighted by Crippen LogP contribution is 2.43. The van der Waals surface area contributed by atoms with Crippen molar-refractivity contribution in [1.82, 2.24) is 0 Å². The van der Waals surface area contributed by atoms with Gasteiger partial charge in [-0.25, -0.2) is 4.57 Å². The van der Waals surface area contributed by atoms with Gasteiger partial charge in [-0.05, 0) is 77.0 Å². The Morgan fingerprint density at radius 2 is 0.981 bits per heavy atom. The number of allylic oxidation sites excluding steroid dienone is 8. The molecule has 3 atom stereocenters. The molecule has 0 rings (SSSR count). The number of hydrogen-bond acceptors (Lipinski definition) is 9. The molecule has 0 fully saturated rings. The van der Waals surface area contributed by atoms with Crippen molar-refractivity contribution >= 4 is 19.8 Å². The molecule has 0 spiro atoms. The molecule has 308 valence electrons. The minimum Gasteiger partial charge on any atom is -0.462 e. The van der Waals surface area contributed by atoms with Crippen molar-refractivity contribution in [2.45, 2.75) is 180 Å². The van der Waals surface area contributed by atoms with E-state index in [2.05, 4.69) is 67.0 Å². The number of phosphoric ester groups is 1. The Kier molecular flexibility index (Phi) is 36.7. The summed E-state index contributed by atoms with van der Waals surface area (Å²) in [5.74, 6) is -0.960. The normalized spacial score (nSPS) is 14.4. The van der Waals surface area contributed by atoms with Gasteiger partial charge < -0.3 is 24.6 Å². The van der Waals surface area contributed by atoms with E-state index in [0.29, 0.717) is 12.8 Å². The average Bonchev–Trinajstić information content (AvgIpc) is 3.14. The fourth-order valence-electron chi connectivity index (χ4n) is 5.23. The molecule has 0 aliphatic carbocycles. The standard InChI is InChI=1S/C42H75O10P/c1-3-5-7-9-11-13-15-17-19-21-23-25-27-29-31-33-41(45)49-37-40(38-51-53(47,48)50-36-39(44)35-43)52-42(46)34-32-30-28-26-24-22-20-18-16-14-12-10-8-6-4-2/h11-14,17-20,39-40,43-44H,3-10,15-16,21-38H2,1-2H3,(H,47,48)/b13-11-,14-12-,19-17-,20-18-/t39?,40-/m1/s1. The Bertz CT molecular complexity index is 1030. The highest BCUT2D eigenvalue weighted by molar-refractivity contribution is 7.47. The summed E-state index contributed by atoms with van der Waals surface area (Å²) in [5, 5.41) is 18.3. The number of esters is 2. The van der Waals surface area contributed by atoms with Crippen molar-refractivity contribution in [2.24, 2.45) is 0 Å². The highest BCUT2D eigenvalue weighted by atomic mass is 31.2. The van der Waals surface area contributed by atoms with E-state index in [1.54, 1.807) is 0 Å². The van der Waals surface area contributed by atoms with Crippen LogP contribution in [-0.2, 0) is 32.7 Å². The molecule has 0 aromatic rings. The second-order valence-electron chi connectivity index (χ2n) is 13.7. The molecule has 11 heteroatoms. The molecule has 0 saturated heterocycles. The van der Waals surface area contributed by atoms with Gasteiger partial charge in [-0.15, -0.1) is 0 Å². The van der Waals surface area contributed by atoms with Crippen molar-refractivity contribution in [3.63, 3.8) is 0 Å². The second-order valence-corrected chi connectivity index (χ2v) is 15.1. The van der Waals surface area contributed by atoms with Crippen molar-refractivity contribution in [3.8, 4) is 0 Å². The van der Waals surface area contributed by atoms with Crippen LogP contribution in [0.5, 0.6) is 0 Å². The Morgan fingerprint density at radius 1 is 0.566 bits per heavy atom. The third kappa shape index (κ3) is 38.0. The van der Waals surface area contributed by atoms with Crippen LogP contribution in [0.2, 0.25) is 0 Å². The van der Waals surface area contributed by atoms with Gasteiger partial charge in [0.25, 0.3) is 0 Å². The lowest BCUT2D eigenvalue weighted by Crippen LogP contribution is -2.29.